The van der Waals surface area contributed by atoms with Gasteiger partial charge in [0, 0.05) is 30.2 Å². The summed E-state index contributed by atoms with van der Waals surface area (Å²) in [5.41, 5.74) is 2.94. The van der Waals surface area contributed by atoms with Crippen LogP contribution < -0.4 is 10.2 Å². The fourth-order valence-electron chi connectivity index (χ4n) is 2.73. The Hall–Kier alpha value is -1.82. The van der Waals surface area contributed by atoms with Crippen LogP contribution in [0, 0.1) is 0 Å². The number of nitrogens with one attached hydrogen (secondary N) is 1. The van der Waals surface area contributed by atoms with Gasteiger partial charge in [-0.2, -0.15) is 5.10 Å². The third kappa shape index (κ3) is 2.05. The van der Waals surface area contributed by atoms with Crippen molar-refractivity contribution in [1.29, 1.82) is 0 Å². The minimum Gasteiger partial charge on any atom is -0.351 e. The number of hydrogen-bond acceptors (Lipinski definition) is 4. The summed E-state index contributed by atoms with van der Waals surface area (Å²) in [5, 5.41) is 7.38. The number of carbonyl (C=O) groups excluding carboxylic acids is 1. The van der Waals surface area contributed by atoms with Crippen LogP contribution in [0.25, 0.3) is 10.4 Å². The Labute approximate surface area is 128 Å². The van der Waals surface area contributed by atoms with Gasteiger partial charge in [0.05, 0.1) is 11.9 Å². The van der Waals surface area contributed by atoms with Gasteiger partial charge in [0.2, 0.25) is 0 Å². The van der Waals surface area contributed by atoms with Gasteiger partial charge in [0.25, 0.3) is 5.91 Å². The van der Waals surface area contributed by atoms with E-state index in [0.29, 0.717) is 0 Å². The maximum absolute atomic E-state index is 12.3. The Kier molecular flexibility index (Phi) is 3.09. The number of thiophene rings is 1. The van der Waals surface area contributed by atoms with Gasteiger partial charge in [-0.25, -0.2) is 0 Å². The molecule has 1 amide bonds. The molecule has 3 heterocycles. The lowest BCUT2D eigenvalue weighted by atomic mass is 10.1. The Morgan fingerprint density at radius 2 is 2.10 bits per heavy atom. The van der Waals surface area contributed by atoms with Crippen molar-refractivity contribution in [2.45, 2.75) is 32.9 Å². The lowest BCUT2D eigenvalue weighted by molar-refractivity contribution is 0.0905. The molecule has 0 saturated heterocycles. The molecule has 3 rings (SSSR count). The minimum absolute atomic E-state index is 0.00582. The molecule has 0 bridgehead atoms. The molecule has 0 aromatic carbocycles. The van der Waals surface area contributed by atoms with E-state index in [2.05, 4.69) is 28.3 Å². The van der Waals surface area contributed by atoms with Crippen LogP contribution in [-0.4, -0.2) is 28.4 Å². The van der Waals surface area contributed by atoms with E-state index < -0.39 is 0 Å². The summed E-state index contributed by atoms with van der Waals surface area (Å²) in [7, 11) is 3.97. The van der Waals surface area contributed by atoms with Crippen LogP contribution in [0.1, 0.15) is 36.1 Å². The van der Waals surface area contributed by atoms with E-state index in [1.165, 1.54) is 17.0 Å². The Bertz CT molecular complexity index is 713. The monoisotopic (exact) mass is 304 g/mol. The van der Waals surface area contributed by atoms with Crippen molar-refractivity contribution in [3.05, 3.63) is 22.8 Å². The van der Waals surface area contributed by atoms with Crippen molar-refractivity contribution in [3.8, 4) is 10.4 Å². The second-order valence-corrected chi connectivity index (χ2v) is 6.93. The maximum Gasteiger partial charge on any atom is 0.265 e. The van der Waals surface area contributed by atoms with E-state index in [0.717, 1.165) is 27.4 Å². The molecule has 0 spiro atoms. The van der Waals surface area contributed by atoms with Gasteiger partial charge in [-0.1, -0.05) is 6.92 Å². The highest BCUT2D eigenvalue weighted by Crippen LogP contribution is 2.41. The van der Waals surface area contributed by atoms with Gasteiger partial charge in [0.15, 0.2) is 0 Å². The molecule has 0 unspecified atom stereocenters. The van der Waals surface area contributed by atoms with Gasteiger partial charge in [-0.3, -0.25) is 9.48 Å². The Balaban J connectivity index is 2.13. The molecule has 5 nitrogen and oxygen atoms in total. The first kappa shape index (κ1) is 14.1. The molecule has 0 radical (unpaired) electrons. The highest BCUT2D eigenvalue weighted by atomic mass is 32.1. The number of hydrogen-bond donors (Lipinski definition) is 1. The number of aryl methyl sites for hydroxylation is 1. The maximum atomic E-state index is 12.3. The van der Waals surface area contributed by atoms with E-state index in [1.807, 2.05) is 38.8 Å². The first-order valence-corrected chi connectivity index (χ1v) is 7.88. The molecule has 6 heteroatoms. The van der Waals surface area contributed by atoms with Gasteiger partial charge < -0.3 is 10.2 Å². The zero-order valence-electron chi connectivity index (χ0n) is 13.0. The van der Waals surface area contributed by atoms with Crippen LogP contribution in [0.15, 0.2) is 12.3 Å². The second kappa shape index (κ2) is 4.59. The number of anilines is 1. The van der Waals surface area contributed by atoms with Gasteiger partial charge in [0.1, 0.15) is 10.5 Å². The smallest absolute Gasteiger partial charge is 0.265 e. The Morgan fingerprint density at radius 1 is 1.38 bits per heavy atom. The summed E-state index contributed by atoms with van der Waals surface area (Å²) in [6, 6.07) is 2.11. The number of aromatic nitrogens is 2. The molecular weight excluding hydrogens is 284 g/mol. The summed E-state index contributed by atoms with van der Waals surface area (Å²) in [4.78, 5) is 16.3. The number of rotatable bonds is 2. The summed E-state index contributed by atoms with van der Waals surface area (Å²) in [6.07, 6.45) is 2.81. The zero-order chi connectivity index (χ0) is 15.4. The average molecular weight is 304 g/mol. The summed E-state index contributed by atoms with van der Waals surface area (Å²) in [5.74, 6) is 0.00582. The predicted octanol–water partition coefficient (Wildman–Crippen LogP) is 2.63. The molecule has 1 N–H and O–H groups in total. The molecule has 1 aliphatic heterocycles. The fraction of sp³-hybridized carbons (Fsp3) is 0.467. The van der Waals surface area contributed by atoms with Crippen LogP contribution in [0.2, 0.25) is 0 Å². The largest absolute Gasteiger partial charge is 0.351 e. The van der Waals surface area contributed by atoms with Crippen LogP contribution >= 0.6 is 11.3 Å². The normalized spacial score (nSPS) is 16.8. The number of carbonyl (C=O) groups is 1. The molecule has 21 heavy (non-hydrogen) atoms. The predicted molar refractivity (Wildman–Crippen MR) is 85.8 cm³/mol. The highest BCUT2D eigenvalue weighted by Gasteiger charge is 2.36. The number of amides is 1. The summed E-state index contributed by atoms with van der Waals surface area (Å²) >= 11 is 1.54. The molecular formula is C15H20N4OS. The average Bonchev–Trinajstić information content (AvgIpc) is 2.99. The molecule has 2 aromatic heterocycles. The molecule has 1 aliphatic rings. The van der Waals surface area contributed by atoms with Crippen molar-refractivity contribution in [3.63, 3.8) is 0 Å². The van der Waals surface area contributed by atoms with E-state index >= 15 is 0 Å². The minimum atomic E-state index is -0.370. The van der Waals surface area contributed by atoms with Crippen LogP contribution in [0.3, 0.4) is 0 Å². The SMILES string of the molecule is CCc1c(-c2cc3c(s2)C(=O)NC(C)(C)N3C)cnn1C. The van der Waals surface area contributed by atoms with Crippen molar-refractivity contribution >= 4 is 22.9 Å². The van der Waals surface area contributed by atoms with E-state index in [1.54, 1.807) is 0 Å². The van der Waals surface area contributed by atoms with Crippen molar-refractivity contribution in [1.82, 2.24) is 15.1 Å². The standard InChI is InChI=1S/C15H20N4OS/c1-6-10-9(8-16-19(10)5)12-7-11-13(21-12)14(20)17-15(2,3)18(11)4/h7-8H,6H2,1-5H3,(H,17,20). The van der Waals surface area contributed by atoms with Crippen molar-refractivity contribution in [2.24, 2.45) is 7.05 Å². The molecule has 2 aromatic rings. The lowest BCUT2D eigenvalue weighted by Crippen LogP contribution is -2.58. The van der Waals surface area contributed by atoms with E-state index in [-0.39, 0.29) is 11.6 Å². The molecule has 0 saturated carbocycles. The van der Waals surface area contributed by atoms with Crippen molar-refractivity contribution < 1.29 is 4.79 Å². The van der Waals surface area contributed by atoms with Crippen molar-refractivity contribution in [2.75, 3.05) is 11.9 Å². The number of nitrogens with zero attached hydrogens (tertiary/aromatic N) is 3. The first-order chi connectivity index (χ1) is 9.85. The molecule has 0 atom stereocenters. The van der Waals surface area contributed by atoms with Gasteiger partial charge in [-0.15, -0.1) is 11.3 Å². The van der Waals surface area contributed by atoms with Crippen LogP contribution in [0.4, 0.5) is 5.69 Å². The van der Waals surface area contributed by atoms with Gasteiger partial charge >= 0.3 is 0 Å². The van der Waals surface area contributed by atoms with Crippen LogP contribution in [-0.2, 0) is 13.5 Å². The van der Waals surface area contributed by atoms with E-state index in [9.17, 15) is 4.79 Å². The first-order valence-electron chi connectivity index (χ1n) is 7.06. The molecule has 0 aliphatic carbocycles. The highest BCUT2D eigenvalue weighted by molar-refractivity contribution is 7.18. The molecule has 112 valence electrons. The quantitative estimate of drug-likeness (QED) is 0.928. The number of fused-ring (bicyclic) bond motifs is 1. The zero-order valence-corrected chi connectivity index (χ0v) is 13.8. The molecule has 0 fully saturated rings. The third-order valence-corrected chi connectivity index (χ3v) is 5.36. The lowest BCUT2D eigenvalue weighted by Gasteiger charge is -2.41. The summed E-state index contributed by atoms with van der Waals surface area (Å²) in [6.45, 7) is 6.13. The van der Waals surface area contributed by atoms with Gasteiger partial charge in [-0.05, 0) is 26.3 Å². The topological polar surface area (TPSA) is 50.2 Å². The van der Waals surface area contributed by atoms with Crippen LogP contribution in [0.5, 0.6) is 0 Å². The second-order valence-electron chi connectivity index (χ2n) is 5.88. The Morgan fingerprint density at radius 3 is 2.76 bits per heavy atom. The third-order valence-electron chi connectivity index (χ3n) is 4.20. The fourth-order valence-corrected chi connectivity index (χ4v) is 3.85. The summed E-state index contributed by atoms with van der Waals surface area (Å²) < 4.78 is 1.90. The van der Waals surface area contributed by atoms with E-state index in [4.69, 9.17) is 0 Å².